The quantitative estimate of drug-likeness (QED) is 0.613. The van der Waals surface area contributed by atoms with E-state index in [4.69, 9.17) is 4.74 Å². The molecule has 2 aliphatic heterocycles. The van der Waals surface area contributed by atoms with Crippen molar-refractivity contribution in [1.29, 1.82) is 0 Å². The van der Waals surface area contributed by atoms with Gasteiger partial charge in [-0.15, -0.1) is 10.2 Å². The van der Waals surface area contributed by atoms with E-state index < -0.39 is 0 Å². The first-order valence-corrected chi connectivity index (χ1v) is 11.5. The molecule has 2 aromatic heterocycles. The minimum absolute atomic E-state index is 0.192. The third-order valence-corrected chi connectivity index (χ3v) is 6.37. The number of nitrogens with zero attached hydrogens (tertiary/aromatic N) is 6. The van der Waals surface area contributed by atoms with Crippen molar-refractivity contribution in [3.05, 3.63) is 48.3 Å². The Bertz CT molecular complexity index is 1140. The summed E-state index contributed by atoms with van der Waals surface area (Å²) >= 11 is 0. The summed E-state index contributed by atoms with van der Waals surface area (Å²) in [4.78, 5) is 22.5. The van der Waals surface area contributed by atoms with E-state index in [1.807, 2.05) is 34.9 Å². The number of pyridine rings is 1. The van der Waals surface area contributed by atoms with Gasteiger partial charge in [0.25, 0.3) is 5.91 Å². The number of nitrogens with one attached hydrogen (secondary N) is 1. The third kappa shape index (κ3) is 4.54. The van der Waals surface area contributed by atoms with Crippen LogP contribution in [0.3, 0.4) is 0 Å². The molecule has 5 rings (SSSR count). The number of carbonyl (C=O) groups excluding carboxylic acids is 1. The average Bonchev–Trinajstić information content (AvgIpc) is 3.32. The smallest absolute Gasteiger partial charge is 0.260 e. The van der Waals surface area contributed by atoms with Crippen molar-refractivity contribution >= 4 is 17.4 Å². The van der Waals surface area contributed by atoms with E-state index >= 15 is 0 Å². The molecular weight excluding hydrogens is 418 g/mol. The number of hydrogen-bond acceptors (Lipinski definition) is 7. The van der Waals surface area contributed by atoms with Crippen LogP contribution in [0.5, 0.6) is 5.75 Å². The minimum atomic E-state index is -0.244. The summed E-state index contributed by atoms with van der Waals surface area (Å²) in [5, 5.41) is 11.3. The molecular formula is C24H29N7O2. The van der Waals surface area contributed by atoms with E-state index in [0.29, 0.717) is 35.3 Å². The first-order valence-electron chi connectivity index (χ1n) is 11.5. The number of piperazine rings is 1. The van der Waals surface area contributed by atoms with Crippen LogP contribution in [-0.2, 0) is 0 Å². The SMILES string of the molecule is C[C@@H]1CCCOc2cc(N3CCN(C)CC3)ccc2C(=O)Nc2cccc(n2)-c2nncn21. The molecule has 0 aliphatic carbocycles. The van der Waals surface area contributed by atoms with E-state index in [0.717, 1.165) is 44.7 Å². The largest absolute Gasteiger partial charge is 0.493 e. The second-order valence-corrected chi connectivity index (χ2v) is 8.73. The Kier molecular flexibility index (Phi) is 5.95. The van der Waals surface area contributed by atoms with Gasteiger partial charge in [-0.05, 0) is 51.1 Å². The van der Waals surface area contributed by atoms with Gasteiger partial charge < -0.3 is 24.4 Å². The number of carbonyl (C=O) groups is 1. The Hall–Kier alpha value is -3.46. The number of likely N-dealkylation sites (N-methyl/N-ethyl adjacent to an activating group) is 1. The highest BCUT2D eigenvalue weighted by Crippen LogP contribution is 2.29. The van der Waals surface area contributed by atoms with Crippen LogP contribution < -0.4 is 15.0 Å². The summed E-state index contributed by atoms with van der Waals surface area (Å²) in [6, 6.07) is 11.6. The maximum Gasteiger partial charge on any atom is 0.260 e. The maximum atomic E-state index is 13.2. The van der Waals surface area contributed by atoms with Gasteiger partial charge in [-0.3, -0.25) is 4.79 Å². The van der Waals surface area contributed by atoms with Gasteiger partial charge in [-0.25, -0.2) is 4.98 Å². The lowest BCUT2D eigenvalue weighted by Gasteiger charge is -2.34. The summed E-state index contributed by atoms with van der Waals surface area (Å²) < 4.78 is 8.20. The Morgan fingerprint density at radius 2 is 1.97 bits per heavy atom. The van der Waals surface area contributed by atoms with Crippen LogP contribution in [0.4, 0.5) is 11.5 Å². The van der Waals surface area contributed by atoms with Crippen LogP contribution >= 0.6 is 0 Å². The number of benzene rings is 1. The highest BCUT2D eigenvalue weighted by Gasteiger charge is 2.21. The van der Waals surface area contributed by atoms with Gasteiger partial charge in [-0.2, -0.15) is 0 Å². The normalized spacial score (nSPS) is 19.6. The van der Waals surface area contributed by atoms with E-state index in [-0.39, 0.29) is 11.9 Å². The highest BCUT2D eigenvalue weighted by molar-refractivity contribution is 6.06. The van der Waals surface area contributed by atoms with E-state index in [9.17, 15) is 4.79 Å². The van der Waals surface area contributed by atoms with Gasteiger partial charge in [0.2, 0.25) is 0 Å². The van der Waals surface area contributed by atoms with Crippen molar-refractivity contribution in [3.8, 4) is 17.3 Å². The van der Waals surface area contributed by atoms with Gasteiger partial charge in [0, 0.05) is 44.0 Å². The van der Waals surface area contributed by atoms with E-state index in [1.54, 1.807) is 12.4 Å². The first kappa shape index (κ1) is 21.4. The van der Waals surface area contributed by atoms with Gasteiger partial charge in [0.1, 0.15) is 23.6 Å². The Balaban J connectivity index is 1.47. The fourth-order valence-electron chi connectivity index (χ4n) is 4.34. The molecule has 172 valence electrons. The monoisotopic (exact) mass is 447 g/mol. The molecule has 1 N–H and O–H groups in total. The molecule has 1 saturated heterocycles. The second-order valence-electron chi connectivity index (χ2n) is 8.73. The number of hydrogen-bond donors (Lipinski definition) is 1. The third-order valence-electron chi connectivity index (χ3n) is 6.37. The number of aromatic nitrogens is 4. The molecule has 2 aliphatic rings. The van der Waals surface area contributed by atoms with Crippen LogP contribution in [0.15, 0.2) is 42.7 Å². The zero-order valence-electron chi connectivity index (χ0n) is 19.1. The number of fused-ring (bicyclic) bond motifs is 5. The van der Waals surface area contributed by atoms with E-state index in [2.05, 4.69) is 44.3 Å². The molecule has 9 heteroatoms. The van der Waals surface area contributed by atoms with Gasteiger partial charge in [-0.1, -0.05) is 6.07 Å². The lowest BCUT2D eigenvalue weighted by Crippen LogP contribution is -2.44. The van der Waals surface area contributed by atoms with Crippen molar-refractivity contribution in [2.75, 3.05) is 50.1 Å². The summed E-state index contributed by atoms with van der Waals surface area (Å²) in [5.41, 5.74) is 2.27. The second kappa shape index (κ2) is 9.19. The number of rotatable bonds is 1. The first-order chi connectivity index (χ1) is 16.1. The molecule has 0 radical (unpaired) electrons. The van der Waals surface area contributed by atoms with Crippen molar-refractivity contribution in [1.82, 2.24) is 24.6 Å². The molecule has 1 aromatic carbocycles. The maximum absolute atomic E-state index is 13.2. The van der Waals surface area contributed by atoms with Crippen LogP contribution in [0.2, 0.25) is 0 Å². The summed E-state index contributed by atoms with van der Waals surface area (Å²) in [5.74, 6) is 1.51. The predicted octanol–water partition coefficient (Wildman–Crippen LogP) is 3.08. The molecule has 1 amide bonds. The number of amides is 1. The Morgan fingerprint density at radius 3 is 2.82 bits per heavy atom. The van der Waals surface area contributed by atoms with E-state index in [1.165, 1.54) is 0 Å². The average molecular weight is 448 g/mol. The molecule has 9 nitrogen and oxygen atoms in total. The minimum Gasteiger partial charge on any atom is -0.493 e. The molecule has 0 unspecified atom stereocenters. The van der Waals surface area contributed by atoms with Crippen molar-refractivity contribution in [3.63, 3.8) is 0 Å². The lowest BCUT2D eigenvalue weighted by molar-refractivity contribution is 0.102. The molecule has 2 bridgehead atoms. The van der Waals surface area contributed by atoms with Crippen molar-refractivity contribution in [2.45, 2.75) is 25.8 Å². The number of ether oxygens (including phenoxy) is 1. The van der Waals surface area contributed by atoms with Crippen LogP contribution in [0, 0.1) is 0 Å². The summed E-state index contributed by atoms with van der Waals surface area (Å²) in [7, 11) is 2.14. The zero-order chi connectivity index (χ0) is 22.8. The molecule has 4 heterocycles. The standard InChI is InChI=1S/C24H29N7O2/c1-17-5-4-14-33-21-15-18(30-12-10-29(2)11-13-30)8-9-19(21)24(32)27-22-7-3-6-20(26-22)23-28-25-16-31(17)23/h3,6-9,15-17H,4-5,10-14H2,1-2H3,(H,26,27,32)/t17-/m1/s1. The molecule has 0 saturated carbocycles. The van der Waals surface area contributed by atoms with Gasteiger partial charge in [0.05, 0.1) is 12.2 Å². The molecule has 0 spiro atoms. The Morgan fingerprint density at radius 1 is 1.12 bits per heavy atom. The van der Waals surface area contributed by atoms with Crippen molar-refractivity contribution < 1.29 is 9.53 Å². The van der Waals surface area contributed by atoms with Crippen LogP contribution in [0.1, 0.15) is 36.2 Å². The lowest BCUT2D eigenvalue weighted by atomic mass is 10.1. The topological polar surface area (TPSA) is 88.4 Å². The molecule has 1 atom stereocenters. The fraction of sp³-hybridized carbons (Fsp3) is 0.417. The molecule has 33 heavy (non-hydrogen) atoms. The van der Waals surface area contributed by atoms with Crippen molar-refractivity contribution in [2.24, 2.45) is 0 Å². The molecule has 3 aromatic rings. The summed E-state index contributed by atoms with van der Waals surface area (Å²) in [6.07, 6.45) is 3.47. The van der Waals surface area contributed by atoms with Gasteiger partial charge >= 0.3 is 0 Å². The zero-order valence-corrected chi connectivity index (χ0v) is 19.1. The number of anilines is 2. The Labute approximate surface area is 193 Å². The summed E-state index contributed by atoms with van der Waals surface area (Å²) in [6.45, 7) is 6.61. The fourth-order valence-corrected chi connectivity index (χ4v) is 4.34. The van der Waals surface area contributed by atoms with Crippen LogP contribution in [0.25, 0.3) is 11.5 Å². The predicted molar refractivity (Wildman–Crippen MR) is 127 cm³/mol. The highest BCUT2D eigenvalue weighted by atomic mass is 16.5. The molecule has 1 fully saturated rings. The van der Waals surface area contributed by atoms with Gasteiger partial charge in [0.15, 0.2) is 5.82 Å². The van der Waals surface area contributed by atoms with Crippen LogP contribution in [-0.4, -0.2) is 70.4 Å².